The summed E-state index contributed by atoms with van der Waals surface area (Å²) in [5.74, 6) is 0. The third-order valence-corrected chi connectivity index (χ3v) is 3.42. The van der Waals surface area contributed by atoms with Gasteiger partial charge in [-0.3, -0.25) is 9.59 Å². The van der Waals surface area contributed by atoms with E-state index in [2.05, 4.69) is 30.4 Å². The van der Waals surface area contributed by atoms with E-state index in [1.165, 1.54) is 5.57 Å². The maximum Gasteiger partial charge on any atom is 0.150 e. The number of carbonyl (C=O) groups excluding carboxylic acids is 2. The van der Waals surface area contributed by atoms with Crippen LogP contribution in [-0.4, -0.2) is 12.6 Å². The Balaban J connectivity index is 2.41. The lowest BCUT2D eigenvalue weighted by Gasteiger charge is -2.07. The molecule has 0 amide bonds. The first-order chi connectivity index (χ1) is 9.74. The first-order valence-electron chi connectivity index (χ1n) is 6.81. The molecule has 0 heterocycles. The van der Waals surface area contributed by atoms with E-state index < -0.39 is 0 Å². The molecule has 0 unspecified atom stereocenters. The van der Waals surface area contributed by atoms with E-state index in [0.717, 1.165) is 43.0 Å². The number of hydrogen-bond acceptors (Lipinski definition) is 2. The molecule has 0 saturated heterocycles. The first-order valence-corrected chi connectivity index (χ1v) is 6.81. The van der Waals surface area contributed by atoms with Gasteiger partial charge in [0.1, 0.15) is 0 Å². The lowest BCUT2D eigenvalue weighted by molar-refractivity contribution is 0.109. The number of aldehydes is 2. The molecule has 0 radical (unpaired) electrons. The topological polar surface area (TPSA) is 34.1 Å². The Labute approximate surface area is 119 Å². The fraction of sp³-hybridized carbons (Fsp3) is 0.222. The molecule has 1 aliphatic rings. The summed E-state index contributed by atoms with van der Waals surface area (Å²) in [7, 11) is 0. The largest absolute Gasteiger partial charge is 0.298 e. The predicted octanol–water partition coefficient (Wildman–Crippen LogP) is 4.30. The molecule has 20 heavy (non-hydrogen) atoms. The third kappa shape index (κ3) is 3.41. The molecule has 0 saturated carbocycles. The smallest absolute Gasteiger partial charge is 0.150 e. The highest BCUT2D eigenvalue weighted by molar-refractivity contribution is 5.91. The van der Waals surface area contributed by atoms with E-state index in [1.807, 2.05) is 6.92 Å². The molecule has 0 atom stereocenters. The van der Waals surface area contributed by atoms with Gasteiger partial charge in [0.25, 0.3) is 0 Å². The van der Waals surface area contributed by atoms with Gasteiger partial charge in [-0.15, -0.1) is 0 Å². The van der Waals surface area contributed by atoms with Crippen LogP contribution >= 0.6 is 0 Å². The summed E-state index contributed by atoms with van der Waals surface area (Å²) in [6.45, 7) is 1.95. The summed E-state index contributed by atoms with van der Waals surface area (Å²) in [5.41, 5.74) is 4.10. The van der Waals surface area contributed by atoms with Crippen LogP contribution in [0.2, 0.25) is 0 Å². The first kappa shape index (κ1) is 14.2. The Morgan fingerprint density at radius 1 is 0.900 bits per heavy atom. The van der Waals surface area contributed by atoms with Crippen LogP contribution in [0.4, 0.5) is 0 Å². The van der Waals surface area contributed by atoms with Gasteiger partial charge in [-0.05, 0) is 55.0 Å². The van der Waals surface area contributed by atoms with Gasteiger partial charge in [0, 0.05) is 11.1 Å². The predicted molar refractivity (Wildman–Crippen MR) is 82.1 cm³/mol. The molecule has 0 spiro atoms. The van der Waals surface area contributed by atoms with E-state index in [9.17, 15) is 9.59 Å². The van der Waals surface area contributed by atoms with Crippen molar-refractivity contribution in [2.75, 3.05) is 0 Å². The van der Waals surface area contributed by atoms with Crippen molar-refractivity contribution in [1.82, 2.24) is 0 Å². The number of allylic oxidation sites excluding steroid dienone is 5. The molecule has 1 aliphatic carbocycles. The molecule has 0 fully saturated rings. The lowest BCUT2D eigenvalue weighted by Crippen LogP contribution is -1.95. The summed E-state index contributed by atoms with van der Waals surface area (Å²) in [5, 5.41) is 0. The summed E-state index contributed by atoms with van der Waals surface area (Å²) < 4.78 is 0. The van der Waals surface area contributed by atoms with Crippen LogP contribution in [0.1, 0.15) is 51.1 Å². The lowest BCUT2D eigenvalue weighted by atomic mass is 9.97. The van der Waals surface area contributed by atoms with Crippen molar-refractivity contribution < 1.29 is 9.59 Å². The SMILES string of the molecule is Cc1cc(C=O)c(C=O)cc1/C=C1/C=C\CC/C=C\C1. The van der Waals surface area contributed by atoms with Crippen molar-refractivity contribution >= 4 is 18.6 Å². The average Bonchev–Trinajstić information content (AvgIpc) is 2.43. The average molecular weight is 266 g/mol. The van der Waals surface area contributed by atoms with Gasteiger partial charge in [0.2, 0.25) is 0 Å². The highest BCUT2D eigenvalue weighted by atomic mass is 16.1. The van der Waals surface area contributed by atoms with Crippen molar-refractivity contribution in [2.45, 2.75) is 26.2 Å². The Morgan fingerprint density at radius 2 is 1.60 bits per heavy atom. The molecule has 102 valence electrons. The van der Waals surface area contributed by atoms with Gasteiger partial charge in [-0.1, -0.05) is 30.4 Å². The molecular formula is C18H18O2. The normalized spacial score (nSPS) is 19.9. The van der Waals surface area contributed by atoms with Gasteiger partial charge in [-0.2, -0.15) is 0 Å². The number of aryl methyl sites for hydroxylation is 1. The maximum absolute atomic E-state index is 11.0. The fourth-order valence-corrected chi connectivity index (χ4v) is 2.26. The van der Waals surface area contributed by atoms with Crippen LogP contribution in [0.25, 0.3) is 6.08 Å². The molecular weight excluding hydrogens is 248 g/mol. The van der Waals surface area contributed by atoms with Crippen molar-refractivity contribution in [3.8, 4) is 0 Å². The van der Waals surface area contributed by atoms with E-state index in [0.29, 0.717) is 11.1 Å². The van der Waals surface area contributed by atoms with Crippen molar-refractivity contribution in [1.29, 1.82) is 0 Å². The Bertz CT molecular complexity index is 604. The Morgan fingerprint density at radius 3 is 2.35 bits per heavy atom. The minimum atomic E-state index is 0.447. The number of hydrogen-bond donors (Lipinski definition) is 0. The quantitative estimate of drug-likeness (QED) is 0.604. The van der Waals surface area contributed by atoms with Crippen LogP contribution < -0.4 is 0 Å². The van der Waals surface area contributed by atoms with Crippen molar-refractivity contribution in [3.63, 3.8) is 0 Å². The van der Waals surface area contributed by atoms with E-state index in [1.54, 1.807) is 12.1 Å². The van der Waals surface area contributed by atoms with Gasteiger partial charge in [0.15, 0.2) is 12.6 Å². The Hall–Kier alpha value is -2.22. The zero-order valence-electron chi connectivity index (χ0n) is 11.6. The summed E-state index contributed by atoms with van der Waals surface area (Å²) in [6.07, 6.45) is 15.3. The second-order valence-electron chi connectivity index (χ2n) is 4.95. The highest BCUT2D eigenvalue weighted by Gasteiger charge is 2.05. The van der Waals surface area contributed by atoms with E-state index in [4.69, 9.17) is 0 Å². The molecule has 2 heteroatoms. The fourth-order valence-electron chi connectivity index (χ4n) is 2.26. The van der Waals surface area contributed by atoms with Gasteiger partial charge in [-0.25, -0.2) is 0 Å². The molecule has 2 rings (SSSR count). The van der Waals surface area contributed by atoms with Crippen molar-refractivity contribution in [2.24, 2.45) is 0 Å². The maximum atomic E-state index is 11.0. The standard InChI is InChI=1S/C18H18O2/c1-14-9-17(12-19)18(13-20)11-16(14)10-15-7-5-3-2-4-6-8-15/h3,5-6,8-13H,2,4,7H2,1H3/b5-3-,8-6-,15-10+. The third-order valence-electron chi connectivity index (χ3n) is 3.42. The second kappa shape index (κ2) is 6.80. The number of rotatable bonds is 3. The monoisotopic (exact) mass is 266 g/mol. The second-order valence-corrected chi connectivity index (χ2v) is 4.95. The molecule has 1 aromatic rings. The molecule has 2 nitrogen and oxygen atoms in total. The summed E-state index contributed by atoms with van der Waals surface area (Å²) >= 11 is 0. The van der Waals surface area contributed by atoms with Gasteiger partial charge in [0.05, 0.1) is 0 Å². The van der Waals surface area contributed by atoms with Crippen LogP contribution in [0.15, 0.2) is 42.0 Å². The molecule has 0 aromatic heterocycles. The molecule has 0 N–H and O–H groups in total. The van der Waals surface area contributed by atoms with Crippen molar-refractivity contribution in [3.05, 3.63) is 64.3 Å². The summed E-state index contributed by atoms with van der Waals surface area (Å²) in [6, 6.07) is 3.56. The van der Waals surface area contributed by atoms with Crippen LogP contribution in [-0.2, 0) is 0 Å². The van der Waals surface area contributed by atoms with Crippen LogP contribution in [0.5, 0.6) is 0 Å². The van der Waals surface area contributed by atoms with Crippen LogP contribution in [0.3, 0.4) is 0 Å². The molecule has 0 aliphatic heterocycles. The molecule has 0 bridgehead atoms. The Kier molecular flexibility index (Phi) is 4.83. The minimum absolute atomic E-state index is 0.447. The van der Waals surface area contributed by atoms with Crippen LogP contribution in [0, 0.1) is 6.92 Å². The van der Waals surface area contributed by atoms with E-state index >= 15 is 0 Å². The highest BCUT2D eigenvalue weighted by Crippen LogP contribution is 2.20. The minimum Gasteiger partial charge on any atom is -0.298 e. The zero-order valence-corrected chi connectivity index (χ0v) is 11.6. The number of benzene rings is 1. The number of carbonyl (C=O) groups is 2. The summed E-state index contributed by atoms with van der Waals surface area (Å²) in [4.78, 5) is 22.0. The zero-order chi connectivity index (χ0) is 14.4. The molecule has 1 aromatic carbocycles. The van der Waals surface area contributed by atoms with Gasteiger partial charge >= 0.3 is 0 Å². The van der Waals surface area contributed by atoms with E-state index in [-0.39, 0.29) is 0 Å². The van der Waals surface area contributed by atoms with Gasteiger partial charge < -0.3 is 0 Å².